The van der Waals surface area contributed by atoms with Crippen molar-refractivity contribution in [2.75, 3.05) is 5.32 Å². The van der Waals surface area contributed by atoms with Crippen LogP contribution in [0.15, 0.2) is 101 Å². The number of benzene rings is 3. The Balaban J connectivity index is 1.41. The van der Waals surface area contributed by atoms with Gasteiger partial charge in [0.2, 0.25) is 0 Å². The van der Waals surface area contributed by atoms with Crippen LogP contribution in [-0.4, -0.2) is 15.9 Å². The minimum absolute atomic E-state index is 0.0865. The average molecular weight is 384 g/mol. The molecule has 1 aromatic heterocycles. The molecular weight excluding hydrogens is 364 g/mol. The second kappa shape index (κ2) is 9.32. The number of aromatic nitrogens is 2. The Morgan fingerprint density at radius 3 is 2.00 bits per heavy atom. The molecule has 0 aliphatic heterocycles. The smallest absolute Gasteiger partial charge is 0.315 e. The van der Waals surface area contributed by atoms with E-state index >= 15 is 0 Å². The number of hydrogen-bond acceptors (Lipinski definition) is 6. The minimum atomic E-state index is 0.0865. The van der Waals surface area contributed by atoms with E-state index in [4.69, 9.17) is 9.25 Å². The Morgan fingerprint density at radius 1 is 0.793 bits per heavy atom. The Labute approximate surface area is 168 Å². The molecule has 0 fully saturated rings. The van der Waals surface area contributed by atoms with E-state index in [1.54, 1.807) is 0 Å². The van der Waals surface area contributed by atoms with Gasteiger partial charge in [0.15, 0.2) is 6.61 Å². The second-order valence-corrected chi connectivity index (χ2v) is 6.29. The van der Waals surface area contributed by atoms with Gasteiger partial charge in [-0.1, -0.05) is 101 Å². The normalized spacial score (nSPS) is 10.3. The van der Waals surface area contributed by atoms with Crippen LogP contribution in [0.1, 0.15) is 22.6 Å². The molecule has 144 valence electrons. The molecule has 0 amide bonds. The van der Waals surface area contributed by atoms with Crippen molar-refractivity contribution < 1.29 is 9.25 Å². The van der Waals surface area contributed by atoms with Crippen LogP contribution in [0, 0.1) is 0 Å². The van der Waals surface area contributed by atoms with Crippen LogP contribution >= 0.6 is 0 Å². The van der Waals surface area contributed by atoms with Crippen LogP contribution in [0.4, 0.5) is 6.01 Å². The van der Waals surface area contributed by atoms with Crippen LogP contribution in [0.2, 0.25) is 0 Å². The SMILES string of the molecule is c1ccc(CNc2nnc(CON=C(c3ccccc3)c3ccccc3)o2)cc1. The summed E-state index contributed by atoms with van der Waals surface area (Å²) in [6.45, 7) is 0.691. The highest BCUT2D eigenvalue weighted by atomic mass is 16.6. The Kier molecular flexibility index (Phi) is 5.93. The van der Waals surface area contributed by atoms with Crippen LogP contribution in [-0.2, 0) is 18.0 Å². The van der Waals surface area contributed by atoms with Gasteiger partial charge in [0, 0.05) is 17.7 Å². The highest BCUT2D eigenvalue weighted by Crippen LogP contribution is 2.13. The first-order chi connectivity index (χ1) is 14.4. The van der Waals surface area contributed by atoms with Gasteiger partial charge in [-0.3, -0.25) is 0 Å². The summed E-state index contributed by atoms with van der Waals surface area (Å²) >= 11 is 0. The van der Waals surface area contributed by atoms with Gasteiger partial charge in [0.25, 0.3) is 5.89 Å². The van der Waals surface area contributed by atoms with Crippen LogP contribution in [0.3, 0.4) is 0 Å². The molecule has 0 saturated heterocycles. The molecule has 0 radical (unpaired) electrons. The zero-order chi connectivity index (χ0) is 19.7. The lowest BCUT2D eigenvalue weighted by Crippen LogP contribution is -2.04. The summed E-state index contributed by atoms with van der Waals surface area (Å²) in [6.07, 6.45) is 0. The molecule has 0 aliphatic rings. The number of oxime groups is 1. The van der Waals surface area contributed by atoms with Crippen LogP contribution in [0.5, 0.6) is 0 Å². The Hall–Kier alpha value is -3.93. The number of nitrogens with zero attached hydrogens (tertiary/aromatic N) is 3. The van der Waals surface area contributed by atoms with Crippen molar-refractivity contribution in [1.29, 1.82) is 0 Å². The molecule has 6 nitrogen and oxygen atoms in total. The van der Waals surface area contributed by atoms with Gasteiger partial charge < -0.3 is 14.6 Å². The Morgan fingerprint density at radius 2 is 1.38 bits per heavy atom. The first kappa shape index (κ1) is 18.4. The highest BCUT2D eigenvalue weighted by Gasteiger charge is 2.09. The van der Waals surface area contributed by atoms with Gasteiger partial charge in [-0.05, 0) is 5.56 Å². The maximum absolute atomic E-state index is 5.57. The summed E-state index contributed by atoms with van der Waals surface area (Å²) in [6, 6.07) is 30.1. The fraction of sp³-hybridized carbons (Fsp3) is 0.0870. The molecular formula is C23H20N4O2. The van der Waals surface area contributed by atoms with Crippen molar-refractivity contribution in [3.8, 4) is 0 Å². The topological polar surface area (TPSA) is 72.5 Å². The first-order valence-electron chi connectivity index (χ1n) is 9.29. The average Bonchev–Trinajstić information content (AvgIpc) is 3.25. The zero-order valence-corrected chi connectivity index (χ0v) is 15.7. The molecule has 0 aliphatic carbocycles. The number of nitrogens with one attached hydrogen (secondary N) is 1. The summed E-state index contributed by atoms with van der Waals surface area (Å²) in [7, 11) is 0. The molecule has 4 aromatic rings. The quantitative estimate of drug-likeness (QED) is 0.354. The minimum Gasteiger partial charge on any atom is -0.404 e. The predicted octanol–water partition coefficient (Wildman–Crippen LogP) is 4.65. The van der Waals surface area contributed by atoms with Gasteiger partial charge in [0.05, 0.1) is 0 Å². The summed E-state index contributed by atoms with van der Waals surface area (Å²) in [5, 5.41) is 15.4. The number of anilines is 1. The molecule has 0 unspecified atom stereocenters. The maximum Gasteiger partial charge on any atom is 0.315 e. The van der Waals surface area contributed by atoms with Gasteiger partial charge in [0.1, 0.15) is 5.71 Å². The Bertz CT molecular complexity index is 1010. The monoisotopic (exact) mass is 384 g/mol. The summed E-state index contributed by atoms with van der Waals surface area (Å²) < 4.78 is 5.57. The van der Waals surface area contributed by atoms with Crippen LogP contribution in [0.25, 0.3) is 0 Å². The predicted molar refractivity (Wildman–Crippen MR) is 111 cm³/mol. The standard InChI is InChI=1S/C23H20N4O2/c1-4-10-18(11-5-1)16-24-23-26-25-21(29-23)17-28-27-22(19-12-6-2-7-13-19)20-14-8-3-9-15-20/h1-15H,16-17H2,(H,24,26). The molecule has 4 rings (SSSR count). The van der Waals surface area contributed by atoms with E-state index in [0.29, 0.717) is 18.5 Å². The van der Waals surface area contributed by atoms with E-state index in [1.807, 2.05) is 91.0 Å². The summed E-state index contributed by atoms with van der Waals surface area (Å²) in [5.74, 6) is 0.352. The third-order valence-corrected chi connectivity index (χ3v) is 4.19. The second-order valence-electron chi connectivity index (χ2n) is 6.29. The van der Waals surface area contributed by atoms with Gasteiger partial charge in [-0.25, -0.2) is 0 Å². The van der Waals surface area contributed by atoms with Crippen molar-refractivity contribution in [2.24, 2.45) is 5.16 Å². The van der Waals surface area contributed by atoms with Crippen LogP contribution < -0.4 is 5.32 Å². The first-order valence-corrected chi connectivity index (χ1v) is 9.29. The molecule has 0 saturated carbocycles. The van der Waals surface area contributed by atoms with Gasteiger partial charge in [-0.2, -0.15) is 0 Å². The maximum atomic E-state index is 5.57. The molecule has 0 bridgehead atoms. The molecule has 1 N–H and O–H groups in total. The highest BCUT2D eigenvalue weighted by molar-refractivity contribution is 6.12. The van der Waals surface area contributed by atoms with Gasteiger partial charge in [-0.15, -0.1) is 5.10 Å². The fourth-order valence-electron chi connectivity index (χ4n) is 2.77. The van der Waals surface area contributed by atoms with Crippen molar-refractivity contribution in [1.82, 2.24) is 10.2 Å². The van der Waals surface area contributed by atoms with E-state index < -0.39 is 0 Å². The van der Waals surface area contributed by atoms with Crippen molar-refractivity contribution in [2.45, 2.75) is 13.2 Å². The molecule has 0 spiro atoms. The zero-order valence-electron chi connectivity index (χ0n) is 15.7. The third-order valence-electron chi connectivity index (χ3n) is 4.19. The number of rotatable bonds is 8. The fourth-order valence-corrected chi connectivity index (χ4v) is 2.77. The largest absolute Gasteiger partial charge is 0.404 e. The summed E-state index contributed by atoms with van der Waals surface area (Å²) in [4.78, 5) is 5.53. The van der Waals surface area contributed by atoms with Crippen molar-refractivity contribution in [3.63, 3.8) is 0 Å². The number of hydrogen-bond donors (Lipinski definition) is 1. The van der Waals surface area contributed by atoms with Crippen molar-refractivity contribution in [3.05, 3.63) is 114 Å². The van der Waals surface area contributed by atoms with E-state index in [0.717, 1.165) is 22.4 Å². The lowest BCUT2D eigenvalue weighted by atomic mass is 10.0. The third kappa shape index (κ3) is 5.07. The molecule has 6 heteroatoms. The molecule has 29 heavy (non-hydrogen) atoms. The van der Waals surface area contributed by atoms with E-state index in [-0.39, 0.29) is 6.61 Å². The van der Waals surface area contributed by atoms with Gasteiger partial charge >= 0.3 is 6.01 Å². The van der Waals surface area contributed by atoms with E-state index in [9.17, 15) is 0 Å². The summed E-state index contributed by atoms with van der Waals surface area (Å²) in [5.41, 5.74) is 3.81. The van der Waals surface area contributed by atoms with E-state index in [1.165, 1.54) is 0 Å². The van der Waals surface area contributed by atoms with Crippen molar-refractivity contribution >= 4 is 11.7 Å². The molecule has 3 aromatic carbocycles. The lowest BCUT2D eigenvalue weighted by molar-refractivity contribution is 0.111. The molecule has 1 heterocycles. The lowest BCUT2D eigenvalue weighted by Gasteiger charge is -2.06. The van der Waals surface area contributed by atoms with E-state index in [2.05, 4.69) is 20.7 Å². The molecule has 0 atom stereocenters.